The van der Waals surface area contributed by atoms with Crippen LogP contribution in [0.5, 0.6) is 0 Å². The van der Waals surface area contributed by atoms with Crippen LogP contribution in [0.25, 0.3) is 11.2 Å². The Hall–Kier alpha value is -3.22. The lowest BCUT2D eigenvalue weighted by molar-refractivity contribution is -0.117. The average molecular weight is 392 g/mol. The first kappa shape index (κ1) is 20.5. The first-order chi connectivity index (χ1) is 13.9. The molecule has 0 amide bonds. The number of aromatic nitrogens is 4. The van der Waals surface area contributed by atoms with E-state index in [1.54, 1.807) is 20.0 Å². The zero-order valence-corrected chi connectivity index (χ0v) is 16.7. The number of aryl methyl sites for hydroxylation is 3. The van der Waals surface area contributed by atoms with Gasteiger partial charge in [0.15, 0.2) is 16.9 Å². The molecule has 0 aliphatic heterocycles. The number of unbranched alkanes of at least 4 members (excludes halogenated alkanes) is 1. The van der Waals surface area contributed by atoms with Crippen LogP contribution in [0.2, 0.25) is 0 Å². The van der Waals surface area contributed by atoms with Crippen LogP contribution in [0.15, 0.2) is 35.3 Å². The molecule has 29 heavy (non-hydrogen) atoms. The number of hydrogen-bond acceptors (Lipinski definition) is 6. The van der Waals surface area contributed by atoms with Gasteiger partial charge in [0.25, 0.3) is 5.56 Å². The predicted molar refractivity (Wildman–Crippen MR) is 110 cm³/mol. The molecule has 0 atom stereocenters. The summed E-state index contributed by atoms with van der Waals surface area (Å²) in [5, 5.41) is 0. The van der Waals surface area contributed by atoms with Gasteiger partial charge in [-0.3, -0.25) is 9.59 Å². The van der Waals surface area contributed by atoms with E-state index < -0.39 is 0 Å². The van der Waals surface area contributed by atoms with Gasteiger partial charge in [0.1, 0.15) is 11.6 Å². The summed E-state index contributed by atoms with van der Waals surface area (Å²) in [5.74, 6) is 0.773. The molecule has 0 radical (unpaired) electrons. The van der Waals surface area contributed by atoms with Gasteiger partial charge in [0.05, 0.1) is 11.9 Å². The Kier molecular flexibility index (Phi) is 6.59. The summed E-state index contributed by atoms with van der Waals surface area (Å²) in [6, 6.07) is 7.56. The molecular weight excluding hydrogens is 368 g/mol. The first-order valence-electron chi connectivity index (χ1n) is 9.76. The third-order valence-electron chi connectivity index (χ3n) is 4.71. The van der Waals surface area contributed by atoms with Crippen LogP contribution < -0.4 is 5.56 Å². The lowest BCUT2D eigenvalue weighted by atomic mass is 10.0. The fourth-order valence-electron chi connectivity index (χ4n) is 3.12. The molecule has 0 unspecified atom stereocenters. The second kappa shape index (κ2) is 9.32. The molecule has 0 fully saturated rings. The Labute approximate surface area is 168 Å². The molecule has 150 valence electrons. The number of nitrogens with one attached hydrogen (secondary N) is 1. The largest absolute Gasteiger partial charge is 0.309 e. The highest BCUT2D eigenvalue weighted by molar-refractivity contribution is 5.96. The van der Waals surface area contributed by atoms with Crippen molar-refractivity contribution in [3.63, 3.8) is 0 Å². The van der Waals surface area contributed by atoms with Gasteiger partial charge >= 0.3 is 0 Å². The van der Waals surface area contributed by atoms with Gasteiger partial charge in [-0.05, 0) is 45.1 Å². The molecule has 0 saturated heterocycles. The maximum Gasteiger partial charge on any atom is 0.279 e. The van der Waals surface area contributed by atoms with Crippen molar-refractivity contribution in [3.8, 4) is 0 Å². The molecule has 2 aromatic heterocycles. The Morgan fingerprint density at radius 1 is 1.00 bits per heavy atom. The fraction of sp³-hybridized carbons (Fsp3) is 0.364. The summed E-state index contributed by atoms with van der Waals surface area (Å²) in [4.78, 5) is 50.6. The molecule has 0 spiro atoms. The Balaban J connectivity index is 1.57. The first-order valence-corrected chi connectivity index (χ1v) is 9.76. The molecule has 0 saturated carbocycles. The van der Waals surface area contributed by atoms with Gasteiger partial charge in [-0.2, -0.15) is 0 Å². The van der Waals surface area contributed by atoms with Crippen LogP contribution in [0.3, 0.4) is 0 Å². The van der Waals surface area contributed by atoms with E-state index in [0.717, 1.165) is 30.5 Å². The summed E-state index contributed by atoms with van der Waals surface area (Å²) in [7, 11) is 0. The van der Waals surface area contributed by atoms with Gasteiger partial charge in [0, 0.05) is 18.4 Å². The van der Waals surface area contributed by atoms with E-state index in [4.69, 9.17) is 0 Å². The molecule has 3 aromatic rings. The fourth-order valence-corrected chi connectivity index (χ4v) is 3.12. The number of carbonyl (C=O) groups is 2. The van der Waals surface area contributed by atoms with Crippen LogP contribution in [0.1, 0.15) is 60.0 Å². The van der Waals surface area contributed by atoms with Gasteiger partial charge in [0.2, 0.25) is 0 Å². The highest BCUT2D eigenvalue weighted by atomic mass is 16.1. The minimum Gasteiger partial charge on any atom is -0.309 e. The second-order valence-corrected chi connectivity index (χ2v) is 7.21. The summed E-state index contributed by atoms with van der Waals surface area (Å²) < 4.78 is 0. The van der Waals surface area contributed by atoms with E-state index in [-0.39, 0.29) is 22.6 Å². The molecular formula is C22H24N4O3. The van der Waals surface area contributed by atoms with E-state index in [1.807, 2.05) is 24.3 Å². The van der Waals surface area contributed by atoms with Gasteiger partial charge in [-0.1, -0.05) is 24.3 Å². The average Bonchev–Trinajstić information content (AvgIpc) is 2.70. The molecule has 0 aliphatic rings. The minimum atomic E-state index is -0.284. The van der Waals surface area contributed by atoms with Crippen LogP contribution in [0, 0.1) is 6.92 Å². The maximum absolute atomic E-state index is 12.2. The van der Waals surface area contributed by atoms with Gasteiger partial charge in [-0.15, -0.1) is 0 Å². The normalized spacial score (nSPS) is 11.0. The highest BCUT2D eigenvalue weighted by Gasteiger charge is 2.08. The molecule has 2 heterocycles. The monoisotopic (exact) mass is 392 g/mol. The quantitative estimate of drug-likeness (QED) is 0.443. The number of ketones is 2. The number of fused-ring (bicyclic) bond motifs is 1. The SMILES string of the molecule is CC(=O)CCCCC(=O)c1ccc(CCc2cnc3nc(C)[nH]c(=O)c3n2)cc1. The zero-order chi connectivity index (χ0) is 20.8. The number of nitrogens with zero attached hydrogens (tertiary/aromatic N) is 3. The van der Waals surface area contributed by atoms with E-state index in [9.17, 15) is 14.4 Å². The molecule has 1 N–H and O–H groups in total. The minimum absolute atomic E-state index is 0.0996. The molecule has 7 nitrogen and oxygen atoms in total. The van der Waals surface area contributed by atoms with Crippen molar-refractivity contribution in [2.24, 2.45) is 0 Å². The van der Waals surface area contributed by atoms with E-state index >= 15 is 0 Å². The van der Waals surface area contributed by atoms with Crippen LogP contribution >= 0.6 is 0 Å². The number of Topliss-reactive ketones (excluding diaryl/α,β-unsaturated/α-hetero) is 2. The Morgan fingerprint density at radius 2 is 1.72 bits per heavy atom. The van der Waals surface area contributed by atoms with Crippen molar-refractivity contribution >= 4 is 22.7 Å². The maximum atomic E-state index is 12.2. The molecule has 0 aliphatic carbocycles. The van der Waals surface area contributed by atoms with Gasteiger partial charge in [-0.25, -0.2) is 15.0 Å². The molecule has 1 aromatic carbocycles. The third kappa shape index (κ3) is 5.63. The Bertz CT molecular complexity index is 1090. The standard InChI is InChI=1S/C22H24N4O3/c1-14(27)5-3-4-6-19(28)17-10-7-16(8-11-17)9-12-18-13-23-21-20(26-18)22(29)25-15(2)24-21/h7-8,10-11,13H,3-6,9,12H2,1-2H3,(H,23,24,25,29). The van der Waals surface area contributed by atoms with E-state index in [2.05, 4.69) is 19.9 Å². The van der Waals surface area contributed by atoms with Crippen molar-refractivity contribution in [1.82, 2.24) is 19.9 Å². The highest BCUT2D eigenvalue weighted by Crippen LogP contribution is 2.12. The summed E-state index contributed by atoms with van der Waals surface area (Å²) in [6.07, 6.45) is 5.48. The number of benzene rings is 1. The lowest BCUT2D eigenvalue weighted by Gasteiger charge is -2.05. The number of aromatic amines is 1. The van der Waals surface area contributed by atoms with Crippen molar-refractivity contribution in [1.29, 1.82) is 0 Å². The molecule has 3 rings (SSSR count). The second-order valence-electron chi connectivity index (χ2n) is 7.21. The predicted octanol–water partition coefficient (Wildman–Crippen LogP) is 3.14. The van der Waals surface area contributed by atoms with E-state index in [1.165, 1.54) is 0 Å². The van der Waals surface area contributed by atoms with Crippen LogP contribution in [0.4, 0.5) is 0 Å². The number of hydrogen-bond donors (Lipinski definition) is 1. The Morgan fingerprint density at radius 3 is 2.45 bits per heavy atom. The molecule has 0 bridgehead atoms. The van der Waals surface area contributed by atoms with Crippen molar-refractivity contribution in [2.45, 2.75) is 52.4 Å². The lowest BCUT2D eigenvalue weighted by Crippen LogP contribution is -2.13. The topological polar surface area (TPSA) is 106 Å². The number of H-pyrrole nitrogens is 1. The molecule has 7 heteroatoms. The van der Waals surface area contributed by atoms with Crippen molar-refractivity contribution < 1.29 is 9.59 Å². The zero-order valence-electron chi connectivity index (χ0n) is 16.7. The number of rotatable bonds is 9. The summed E-state index contributed by atoms with van der Waals surface area (Å²) >= 11 is 0. The van der Waals surface area contributed by atoms with Crippen molar-refractivity contribution in [3.05, 3.63) is 63.5 Å². The number of carbonyl (C=O) groups excluding carboxylic acids is 2. The third-order valence-corrected chi connectivity index (χ3v) is 4.71. The van der Waals surface area contributed by atoms with E-state index in [0.29, 0.717) is 36.3 Å². The van der Waals surface area contributed by atoms with Crippen LogP contribution in [-0.2, 0) is 17.6 Å². The van der Waals surface area contributed by atoms with Crippen molar-refractivity contribution in [2.75, 3.05) is 0 Å². The summed E-state index contributed by atoms with van der Waals surface area (Å²) in [6.45, 7) is 3.27. The smallest absolute Gasteiger partial charge is 0.279 e. The van der Waals surface area contributed by atoms with Gasteiger partial charge < -0.3 is 9.78 Å². The van der Waals surface area contributed by atoms with Crippen LogP contribution in [-0.4, -0.2) is 31.5 Å². The summed E-state index contributed by atoms with van der Waals surface area (Å²) in [5.41, 5.74) is 2.80.